The van der Waals surface area contributed by atoms with Crippen LogP contribution in [0.1, 0.15) is 72.5 Å². The molecule has 1 aromatic heterocycles. The summed E-state index contributed by atoms with van der Waals surface area (Å²) in [6, 6.07) is 4.61. The Labute approximate surface area is 254 Å². The highest BCUT2D eigenvalue weighted by molar-refractivity contribution is 5.66. The van der Waals surface area contributed by atoms with Gasteiger partial charge in [0.05, 0.1) is 48.7 Å². The molecule has 5 rings (SSSR count). The predicted molar refractivity (Wildman–Crippen MR) is 148 cm³/mol. The second-order valence-electron chi connectivity index (χ2n) is 11.3. The van der Waals surface area contributed by atoms with Crippen LogP contribution in [0.2, 0.25) is 0 Å². The molecule has 45 heavy (non-hydrogen) atoms. The maximum absolute atomic E-state index is 13.7. The lowest BCUT2D eigenvalue weighted by molar-refractivity contribution is -0.143. The van der Waals surface area contributed by atoms with Crippen LogP contribution in [0.4, 0.5) is 42.8 Å². The predicted octanol–water partition coefficient (Wildman–Crippen LogP) is 6.02. The van der Waals surface area contributed by atoms with Crippen molar-refractivity contribution in [3.63, 3.8) is 0 Å². The average Bonchev–Trinajstić information content (AvgIpc) is 3.57. The van der Waals surface area contributed by atoms with E-state index in [-0.39, 0.29) is 37.3 Å². The summed E-state index contributed by atoms with van der Waals surface area (Å²) in [5.74, 6) is -0.0561. The summed E-state index contributed by atoms with van der Waals surface area (Å²) in [4.78, 5) is 20.7. The number of tetrazole rings is 1. The van der Waals surface area contributed by atoms with E-state index in [1.807, 2.05) is 12.1 Å². The highest BCUT2D eigenvalue weighted by atomic mass is 19.4. The third kappa shape index (κ3) is 7.43. The van der Waals surface area contributed by atoms with Crippen molar-refractivity contribution in [3.05, 3.63) is 63.7 Å². The summed E-state index contributed by atoms with van der Waals surface area (Å²) in [5.41, 5.74) is 0.0972. The van der Waals surface area contributed by atoms with Gasteiger partial charge in [0, 0.05) is 12.1 Å². The Morgan fingerprint density at radius 2 is 1.69 bits per heavy atom. The molecule has 1 aliphatic carbocycles. The molecule has 0 saturated carbocycles. The van der Waals surface area contributed by atoms with Gasteiger partial charge in [-0.1, -0.05) is 11.2 Å². The SMILES string of the molecule is CC(C)OC(=O)ON1CCC[C@H](N(Cc2cc(C(F)(F)F)cc(C(F)(F)F)c2)c2nnn(CCO)n2)c2cc3c(cc21)CCC3. The molecule has 2 heterocycles. The number of hydrogen-bond acceptors (Lipinski definition) is 9. The van der Waals surface area contributed by atoms with E-state index >= 15 is 0 Å². The lowest BCUT2D eigenvalue weighted by Crippen LogP contribution is -2.31. The number of hydrogen-bond donors (Lipinski definition) is 1. The minimum atomic E-state index is -5.03. The first kappa shape index (κ1) is 32.3. The molecule has 244 valence electrons. The molecule has 0 radical (unpaired) electrons. The van der Waals surface area contributed by atoms with E-state index in [9.17, 15) is 36.2 Å². The third-order valence-electron chi connectivity index (χ3n) is 7.60. The molecule has 2 aromatic carbocycles. The first-order chi connectivity index (χ1) is 21.2. The maximum Gasteiger partial charge on any atom is 0.533 e. The van der Waals surface area contributed by atoms with Gasteiger partial charge in [-0.3, -0.25) is 0 Å². The number of halogens is 6. The zero-order valence-electron chi connectivity index (χ0n) is 24.5. The molecular formula is C29H32F6N6O4. The summed E-state index contributed by atoms with van der Waals surface area (Å²) in [5, 5.41) is 23.0. The van der Waals surface area contributed by atoms with Gasteiger partial charge in [0.1, 0.15) is 0 Å². The first-order valence-electron chi connectivity index (χ1n) is 14.5. The first-order valence-corrected chi connectivity index (χ1v) is 14.5. The molecular weight excluding hydrogens is 610 g/mol. The lowest BCUT2D eigenvalue weighted by Gasteiger charge is -2.32. The van der Waals surface area contributed by atoms with Crippen LogP contribution < -0.4 is 9.96 Å². The number of aromatic nitrogens is 4. The van der Waals surface area contributed by atoms with Crippen LogP contribution in [0.3, 0.4) is 0 Å². The number of carbonyl (C=O) groups is 1. The lowest BCUT2D eigenvalue weighted by atomic mass is 9.95. The van der Waals surface area contributed by atoms with E-state index in [1.165, 1.54) is 9.96 Å². The summed E-state index contributed by atoms with van der Waals surface area (Å²) in [6.45, 7) is 2.80. The number of ether oxygens (including phenoxy) is 1. The number of benzene rings is 2. The monoisotopic (exact) mass is 642 g/mol. The van der Waals surface area contributed by atoms with Crippen molar-refractivity contribution in [1.29, 1.82) is 0 Å². The van der Waals surface area contributed by atoms with E-state index in [2.05, 4.69) is 15.4 Å². The fraction of sp³-hybridized carbons (Fsp3) is 0.517. The van der Waals surface area contributed by atoms with Gasteiger partial charge in [0.2, 0.25) is 0 Å². The smallest absolute Gasteiger partial charge is 0.430 e. The molecule has 0 fully saturated rings. The van der Waals surface area contributed by atoms with Crippen molar-refractivity contribution >= 4 is 17.8 Å². The van der Waals surface area contributed by atoms with Gasteiger partial charge < -0.3 is 19.6 Å². The number of fused-ring (bicyclic) bond motifs is 2. The second kappa shape index (κ2) is 12.7. The van der Waals surface area contributed by atoms with E-state index < -0.39 is 48.3 Å². The molecule has 0 saturated heterocycles. The summed E-state index contributed by atoms with van der Waals surface area (Å²) < 4.78 is 87.6. The number of aliphatic hydroxyl groups excluding tert-OH is 1. The van der Waals surface area contributed by atoms with Gasteiger partial charge in [-0.2, -0.15) is 31.1 Å². The molecule has 1 atom stereocenters. The van der Waals surface area contributed by atoms with Crippen LogP contribution in [0.5, 0.6) is 0 Å². The van der Waals surface area contributed by atoms with Crippen LogP contribution in [0.25, 0.3) is 0 Å². The van der Waals surface area contributed by atoms with Gasteiger partial charge in [-0.15, -0.1) is 5.10 Å². The Morgan fingerprint density at radius 1 is 1.02 bits per heavy atom. The van der Waals surface area contributed by atoms with Gasteiger partial charge in [0.15, 0.2) is 0 Å². The van der Waals surface area contributed by atoms with Gasteiger partial charge in [-0.25, -0.2) is 9.86 Å². The number of rotatable bonds is 8. The van der Waals surface area contributed by atoms with Crippen molar-refractivity contribution in [2.75, 3.05) is 23.1 Å². The number of hydroxylamine groups is 1. The number of alkyl halides is 6. The van der Waals surface area contributed by atoms with Crippen LogP contribution >= 0.6 is 0 Å². The topological polar surface area (TPSA) is 106 Å². The minimum absolute atomic E-state index is 0.0308. The Hall–Kier alpha value is -4.08. The number of aryl methyl sites for hydroxylation is 2. The van der Waals surface area contributed by atoms with Gasteiger partial charge in [0.25, 0.3) is 5.95 Å². The Bertz CT molecular complexity index is 1490. The Kier molecular flexibility index (Phi) is 9.14. The molecule has 1 N–H and O–H groups in total. The molecule has 16 heteroatoms. The van der Waals surface area contributed by atoms with E-state index in [0.29, 0.717) is 36.2 Å². The van der Waals surface area contributed by atoms with Crippen LogP contribution in [-0.4, -0.2) is 50.7 Å². The molecule has 3 aromatic rings. The summed E-state index contributed by atoms with van der Waals surface area (Å²) >= 11 is 0. The number of aliphatic hydroxyl groups is 1. The molecule has 0 unspecified atom stereocenters. The number of carbonyl (C=O) groups excluding carboxylic acids is 1. The highest BCUT2D eigenvalue weighted by Gasteiger charge is 2.38. The summed E-state index contributed by atoms with van der Waals surface area (Å²) in [7, 11) is 0. The minimum Gasteiger partial charge on any atom is -0.430 e. The second-order valence-corrected chi connectivity index (χ2v) is 11.3. The van der Waals surface area contributed by atoms with Crippen LogP contribution in [-0.2, 0) is 47.9 Å². The number of nitrogens with zero attached hydrogens (tertiary/aromatic N) is 6. The van der Waals surface area contributed by atoms with E-state index in [0.717, 1.165) is 35.2 Å². The largest absolute Gasteiger partial charge is 0.533 e. The fourth-order valence-electron chi connectivity index (χ4n) is 5.70. The van der Waals surface area contributed by atoms with Crippen molar-refractivity contribution < 1.29 is 45.8 Å². The molecule has 1 aliphatic heterocycles. The van der Waals surface area contributed by atoms with Crippen molar-refractivity contribution in [2.24, 2.45) is 0 Å². The highest BCUT2D eigenvalue weighted by Crippen LogP contribution is 2.43. The van der Waals surface area contributed by atoms with Crippen molar-refractivity contribution in [3.8, 4) is 0 Å². The quantitative estimate of drug-likeness (QED) is 0.233. The molecule has 0 bridgehead atoms. The third-order valence-corrected chi connectivity index (χ3v) is 7.60. The average molecular weight is 643 g/mol. The van der Waals surface area contributed by atoms with Crippen molar-refractivity contribution in [1.82, 2.24) is 20.2 Å². The van der Waals surface area contributed by atoms with Gasteiger partial charge >= 0.3 is 18.5 Å². The normalized spacial score (nSPS) is 16.8. The maximum atomic E-state index is 13.7. The van der Waals surface area contributed by atoms with E-state index in [1.54, 1.807) is 13.8 Å². The standard InChI is InChI=1S/C29H32F6N6O4/c1-17(2)44-27(43)45-40-8-4-7-24(23-13-19-5-3-6-20(19)14-25(23)40)39(26-36-38-41(37-26)9-10-42)16-18-11-21(28(30,31)32)15-22(12-18)29(33,34)35/h11-15,17,24,42H,3-10,16H2,1-2H3/t24-/m0/s1. The zero-order chi connectivity index (χ0) is 32.5. The Balaban J connectivity index is 1.62. The Morgan fingerprint density at radius 3 is 2.31 bits per heavy atom. The number of anilines is 2. The molecule has 0 amide bonds. The van der Waals surface area contributed by atoms with Crippen LogP contribution in [0.15, 0.2) is 30.3 Å². The summed E-state index contributed by atoms with van der Waals surface area (Å²) in [6.07, 6.45) is -8.17. The van der Waals surface area contributed by atoms with Crippen LogP contribution in [0, 0.1) is 0 Å². The fourth-order valence-corrected chi connectivity index (χ4v) is 5.70. The molecule has 10 nitrogen and oxygen atoms in total. The van der Waals surface area contributed by atoms with Gasteiger partial charge in [-0.05, 0) is 92.1 Å². The molecule has 2 aliphatic rings. The van der Waals surface area contributed by atoms with Crippen molar-refractivity contribution in [2.45, 2.75) is 83.5 Å². The zero-order valence-corrected chi connectivity index (χ0v) is 24.5. The van der Waals surface area contributed by atoms with E-state index in [4.69, 9.17) is 9.57 Å². The molecule has 0 spiro atoms.